The van der Waals surface area contributed by atoms with Crippen molar-refractivity contribution in [2.45, 2.75) is 18.7 Å². The largest absolute Gasteiger partial charge is 0.573 e. The molecule has 0 aliphatic heterocycles. The van der Waals surface area contributed by atoms with E-state index in [1.54, 1.807) is 31.4 Å². The fourth-order valence-corrected chi connectivity index (χ4v) is 2.94. The number of halogens is 3. The SMILES string of the molecule is Cn1cc(C(=O)C[C@@H](c2ccc(OC(F)(F)F)cc2)c2ccccn2)ccc1=O. The van der Waals surface area contributed by atoms with Crippen LogP contribution in [-0.4, -0.2) is 21.7 Å². The van der Waals surface area contributed by atoms with E-state index < -0.39 is 12.3 Å². The van der Waals surface area contributed by atoms with E-state index in [0.29, 0.717) is 16.8 Å². The quantitative estimate of drug-likeness (QED) is 0.583. The normalized spacial score (nSPS) is 12.4. The van der Waals surface area contributed by atoms with Crippen molar-refractivity contribution in [3.63, 3.8) is 0 Å². The second-order valence-electron chi connectivity index (χ2n) is 6.42. The Morgan fingerprint density at radius 3 is 2.41 bits per heavy atom. The number of pyridine rings is 2. The van der Waals surface area contributed by atoms with Gasteiger partial charge in [-0.3, -0.25) is 14.6 Å². The minimum absolute atomic E-state index is 0.0364. The molecule has 0 bridgehead atoms. The van der Waals surface area contributed by atoms with Crippen molar-refractivity contribution in [1.82, 2.24) is 9.55 Å². The molecule has 1 aromatic carbocycles. The molecular formula is C21H17F3N2O3. The number of aromatic nitrogens is 2. The summed E-state index contributed by atoms with van der Waals surface area (Å²) < 4.78 is 42.4. The number of hydrogen-bond donors (Lipinski definition) is 0. The van der Waals surface area contributed by atoms with E-state index in [4.69, 9.17) is 0 Å². The second kappa shape index (κ2) is 8.30. The van der Waals surface area contributed by atoms with Gasteiger partial charge in [-0.25, -0.2) is 0 Å². The first-order chi connectivity index (χ1) is 13.7. The molecule has 1 atom stereocenters. The maximum absolute atomic E-state index is 12.8. The Balaban J connectivity index is 1.90. The standard InChI is InChI=1S/C21H17F3N2O3/c1-26-13-15(7-10-20(26)28)19(27)12-17(18-4-2-3-11-25-18)14-5-8-16(9-6-14)29-21(22,23)24/h2-11,13,17H,12H2,1H3/t17-/m0/s1. The molecule has 0 amide bonds. The molecule has 0 saturated carbocycles. The highest BCUT2D eigenvalue weighted by molar-refractivity contribution is 5.96. The minimum Gasteiger partial charge on any atom is -0.406 e. The Hall–Kier alpha value is -3.42. The molecule has 0 N–H and O–H groups in total. The molecule has 2 aromatic heterocycles. The first-order valence-corrected chi connectivity index (χ1v) is 8.69. The molecule has 0 saturated heterocycles. The van der Waals surface area contributed by atoms with Gasteiger partial charge in [-0.15, -0.1) is 13.2 Å². The molecule has 150 valence electrons. The zero-order chi connectivity index (χ0) is 21.0. The lowest BCUT2D eigenvalue weighted by atomic mass is 9.89. The van der Waals surface area contributed by atoms with E-state index in [2.05, 4.69) is 9.72 Å². The average Bonchev–Trinajstić information content (AvgIpc) is 2.68. The number of ether oxygens (including phenoxy) is 1. The lowest BCUT2D eigenvalue weighted by Gasteiger charge is -2.17. The summed E-state index contributed by atoms with van der Waals surface area (Å²) in [6, 6.07) is 13.4. The molecule has 3 rings (SSSR count). The number of Topliss-reactive ketones (excluding diaryl/α,β-unsaturated/α-hetero) is 1. The van der Waals surface area contributed by atoms with Crippen molar-refractivity contribution in [3.8, 4) is 5.75 Å². The third-order valence-electron chi connectivity index (χ3n) is 4.36. The van der Waals surface area contributed by atoms with E-state index in [0.717, 1.165) is 0 Å². The van der Waals surface area contributed by atoms with Crippen molar-refractivity contribution in [2.24, 2.45) is 7.05 Å². The molecule has 29 heavy (non-hydrogen) atoms. The lowest BCUT2D eigenvalue weighted by Crippen LogP contribution is -2.18. The number of alkyl halides is 3. The van der Waals surface area contributed by atoms with Gasteiger partial charge in [0.05, 0.1) is 0 Å². The number of carbonyl (C=O) groups excluding carboxylic acids is 1. The number of ketones is 1. The molecule has 0 radical (unpaired) electrons. The van der Waals surface area contributed by atoms with Crippen LogP contribution in [0.4, 0.5) is 13.2 Å². The fraction of sp³-hybridized carbons (Fsp3) is 0.190. The Morgan fingerprint density at radius 2 is 1.83 bits per heavy atom. The topological polar surface area (TPSA) is 61.2 Å². The van der Waals surface area contributed by atoms with Gasteiger partial charge in [-0.05, 0) is 35.9 Å². The Kier molecular flexibility index (Phi) is 5.81. The summed E-state index contributed by atoms with van der Waals surface area (Å²) >= 11 is 0. The first kappa shape index (κ1) is 20.3. The zero-order valence-electron chi connectivity index (χ0n) is 15.4. The van der Waals surface area contributed by atoms with Gasteiger partial charge in [0.2, 0.25) is 5.56 Å². The van der Waals surface area contributed by atoms with Gasteiger partial charge in [0.1, 0.15) is 5.75 Å². The van der Waals surface area contributed by atoms with Gasteiger partial charge < -0.3 is 9.30 Å². The maximum Gasteiger partial charge on any atom is 0.573 e. The van der Waals surface area contributed by atoms with E-state index in [-0.39, 0.29) is 23.5 Å². The van der Waals surface area contributed by atoms with Crippen LogP contribution in [-0.2, 0) is 7.05 Å². The van der Waals surface area contributed by atoms with Gasteiger partial charge in [0, 0.05) is 49.1 Å². The van der Waals surface area contributed by atoms with E-state index in [1.165, 1.54) is 47.2 Å². The van der Waals surface area contributed by atoms with Crippen molar-refractivity contribution < 1.29 is 22.7 Å². The molecule has 5 nitrogen and oxygen atoms in total. The molecule has 3 aromatic rings. The Bertz CT molecular complexity index is 1050. The molecule has 0 aliphatic rings. The number of nitrogens with zero attached hydrogens (tertiary/aromatic N) is 2. The molecule has 0 unspecified atom stereocenters. The summed E-state index contributed by atoms with van der Waals surface area (Å²) in [4.78, 5) is 28.6. The summed E-state index contributed by atoms with van der Waals surface area (Å²) in [5.41, 5.74) is 1.36. The van der Waals surface area contributed by atoms with Gasteiger partial charge in [0.15, 0.2) is 5.78 Å². The molecule has 0 aliphatic carbocycles. The summed E-state index contributed by atoms with van der Waals surface area (Å²) in [6.07, 6.45) is -1.70. The van der Waals surface area contributed by atoms with Crippen LogP contribution in [0, 0.1) is 0 Å². The third kappa shape index (κ3) is 5.31. The summed E-state index contributed by atoms with van der Waals surface area (Å²) in [5.74, 6) is -1.03. The van der Waals surface area contributed by atoms with Crippen LogP contribution in [0.3, 0.4) is 0 Å². The summed E-state index contributed by atoms with van der Waals surface area (Å²) in [5, 5.41) is 0. The predicted molar refractivity (Wildman–Crippen MR) is 99.8 cm³/mol. The van der Waals surface area contributed by atoms with E-state index >= 15 is 0 Å². The van der Waals surface area contributed by atoms with Gasteiger partial charge >= 0.3 is 6.36 Å². The second-order valence-corrected chi connectivity index (χ2v) is 6.42. The number of hydrogen-bond acceptors (Lipinski definition) is 4. The highest BCUT2D eigenvalue weighted by atomic mass is 19.4. The predicted octanol–water partition coefficient (Wildman–Crippen LogP) is 4.08. The minimum atomic E-state index is -4.78. The van der Waals surface area contributed by atoms with Crippen molar-refractivity contribution in [2.75, 3.05) is 0 Å². The van der Waals surface area contributed by atoms with Gasteiger partial charge in [0.25, 0.3) is 0 Å². The number of benzene rings is 1. The maximum atomic E-state index is 12.8. The first-order valence-electron chi connectivity index (χ1n) is 8.69. The smallest absolute Gasteiger partial charge is 0.406 e. The van der Waals surface area contributed by atoms with Crippen LogP contribution in [0.5, 0.6) is 5.75 Å². The van der Waals surface area contributed by atoms with Crippen molar-refractivity contribution in [1.29, 1.82) is 0 Å². The number of rotatable bonds is 6. The van der Waals surface area contributed by atoms with Crippen LogP contribution in [0.2, 0.25) is 0 Å². The van der Waals surface area contributed by atoms with Crippen LogP contribution in [0.1, 0.15) is 34.0 Å². The van der Waals surface area contributed by atoms with Crippen molar-refractivity contribution in [3.05, 3.63) is 94.2 Å². The summed E-state index contributed by atoms with van der Waals surface area (Å²) in [7, 11) is 1.55. The van der Waals surface area contributed by atoms with Crippen LogP contribution in [0.25, 0.3) is 0 Å². The molecular weight excluding hydrogens is 385 g/mol. The lowest BCUT2D eigenvalue weighted by molar-refractivity contribution is -0.274. The highest BCUT2D eigenvalue weighted by Gasteiger charge is 2.31. The summed E-state index contributed by atoms with van der Waals surface area (Å²) in [6.45, 7) is 0. The molecule has 8 heteroatoms. The zero-order valence-corrected chi connectivity index (χ0v) is 15.4. The number of aryl methyl sites for hydroxylation is 1. The highest BCUT2D eigenvalue weighted by Crippen LogP contribution is 2.30. The fourth-order valence-electron chi connectivity index (χ4n) is 2.94. The Labute approximate surface area is 164 Å². The van der Waals surface area contributed by atoms with Crippen LogP contribution in [0.15, 0.2) is 71.8 Å². The average molecular weight is 402 g/mol. The molecule has 0 spiro atoms. The molecule has 0 fully saturated rings. The van der Waals surface area contributed by atoms with Crippen LogP contribution >= 0.6 is 0 Å². The van der Waals surface area contributed by atoms with Crippen LogP contribution < -0.4 is 10.3 Å². The third-order valence-corrected chi connectivity index (χ3v) is 4.36. The molecule has 2 heterocycles. The van der Waals surface area contributed by atoms with Crippen molar-refractivity contribution >= 4 is 5.78 Å². The number of carbonyl (C=O) groups is 1. The Morgan fingerprint density at radius 1 is 1.10 bits per heavy atom. The van der Waals surface area contributed by atoms with E-state index in [9.17, 15) is 22.8 Å². The van der Waals surface area contributed by atoms with Gasteiger partial charge in [-0.2, -0.15) is 0 Å². The monoisotopic (exact) mass is 402 g/mol. The van der Waals surface area contributed by atoms with Gasteiger partial charge in [-0.1, -0.05) is 18.2 Å². The van der Waals surface area contributed by atoms with E-state index in [1.807, 2.05) is 0 Å².